The van der Waals surface area contributed by atoms with Gasteiger partial charge in [-0.1, -0.05) is 60.7 Å². The van der Waals surface area contributed by atoms with E-state index in [9.17, 15) is 4.79 Å². The van der Waals surface area contributed by atoms with Gasteiger partial charge in [-0.3, -0.25) is 0 Å². The molecule has 2 rings (SSSR count). The first-order valence-corrected chi connectivity index (χ1v) is 8.26. The minimum absolute atomic E-state index is 0.277. The molecule has 134 valence electrons. The Labute approximate surface area is 148 Å². The van der Waals surface area contributed by atoms with Gasteiger partial charge < -0.3 is 19.9 Å². The predicted octanol–water partition coefficient (Wildman–Crippen LogP) is 2.68. The van der Waals surface area contributed by atoms with Gasteiger partial charge in [-0.15, -0.1) is 0 Å². The molecule has 0 saturated carbocycles. The molecule has 0 spiro atoms. The summed E-state index contributed by atoms with van der Waals surface area (Å²) in [6.07, 6.45) is -1.27. The molecule has 0 aromatic heterocycles. The van der Waals surface area contributed by atoms with E-state index in [0.717, 1.165) is 11.1 Å². The lowest BCUT2D eigenvalue weighted by Crippen LogP contribution is -2.50. The highest BCUT2D eigenvalue weighted by atomic mass is 16.6. The molecule has 0 aliphatic heterocycles. The lowest BCUT2D eigenvalue weighted by Gasteiger charge is -2.27. The van der Waals surface area contributed by atoms with E-state index < -0.39 is 18.1 Å². The van der Waals surface area contributed by atoms with Crippen molar-refractivity contribution in [2.75, 3.05) is 7.11 Å². The second-order valence-corrected chi connectivity index (χ2v) is 5.82. The van der Waals surface area contributed by atoms with Crippen molar-refractivity contribution in [2.45, 2.75) is 38.4 Å². The van der Waals surface area contributed by atoms with E-state index in [1.165, 1.54) is 7.11 Å². The highest BCUT2D eigenvalue weighted by molar-refractivity contribution is 5.75. The van der Waals surface area contributed by atoms with E-state index in [0.29, 0.717) is 6.61 Å². The molecule has 0 aliphatic rings. The summed E-state index contributed by atoms with van der Waals surface area (Å²) in [7, 11) is 1.32. The largest absolute Gasteiger partial charge is 0.467 e. The van der Waals surface area contributed by atoms with Crippen LogP contribution in [0.3, 0.4) is 0 Å². The quantitative estimate of drug-likeness (QED) is 0.709. The van der Waals surface area contributed by atoms with Crippen molar-refractivity contribution in [2.24, 2.45) is 5.73 Å². The van der Waals surface area contributed by atoms with E-state index in [4.69, 9.17) is 19.9 Å². The van der Waals surface area contributed by atoms with E-state index in [2.05, 4.69) is 0 Å². The average molecular weight is 343 g/mol. The van der Waals surface area contributed by atoms with Crippen molar-refractivity contribution in [3.63, 3.8) is 0 Å². The van der Waals surface area contributed by atoms with Crippen LogP contribution in [-0.2, 0) is 32.2 Å². The molecule has 0 radical (unpaired) electrons. The van der Waals surface area contributed by atoms with Crippen LogP contribution in [0.5, 0.6) is 0 Å². The third kappa shape index (κ3) is 5.98. The van der Waals surface area contributed by atoms with E-state index in [1.807, 2.05) is 67.6 Å². The van der Waals surface area contributed by atoms with Crippen LogP contribution in [0.25, 0.3) is 0 Å². The first kappa shape index (κ1) is 19.1. The van der Waals surface area contributed by atoms with Gasteiger partial charge in [-0.2, -0.15) is 0 Å². The van der Waals surface area contributed by atoms with Crippen LogP contribution in [0.4, 0.5) is 0 Å². The zero-order valence-electron chi connectivity index (χ0n) is 14.6. The number of hydrogen-bond donors (Lipinski definition) is 1. The SMILES string of the molecule is COC(=O)[C@@H](OCc1ccccc1)[C@H](N)[C@H](C)OCc1ccccc1. The van der Waals surface area contributed by atoms with Crippen molar-refractivity contribution in [1.29, 1.82) is 0 Å². The van der Waals surface area contributed by atoms with Gasteiger partial charge in [0.2, 0.25) is 0 Å². The minimum Gasteiger partial charge on any atom is -0.467 e. The van der Waals surface area contributed by atoms with Crippen LogP contribution in [0.1, 0.15) is 18.1 Å². The number of carbonyl (C=O) groups is 1. The Balaban J connectivity index is 1.94. The first-order chi connectivity index (χ1) is 12.1. The number of ether oxygens (including phenoxy) is 3. The fourth-order valence-electron chi connectivity index (χ4n) is 2.37. The van der Waals surface area contributed by atoms with Crippen LogP contribution >= 0.6 is 0 Å². The Hall–Kier alpha value is -2.21. The molecule has 0 fully saturated rings. The van der Waals surface area contributed by atoms with Gasteiger partial charge in [0, 0.05) is 0 Å². The summed E-state index contributed by atoms with van der Waals surface area (Å²) < 4.78 is 16.4. The highest BCUT2D eigenvalue weighted by Gasteiger charge is 2.32. The fourth-order valence-corrected chi connectivity index (χ4v) is 2.37. The van der Waals surface area contributed by atoms with Crippen LogP contribution in [-0.4, -0.2) is 31.3 Å². The molecular weight excluding hydrogens is 318 g/mol. The summed E-state index contributed by atoms with van der Waals surface area (Å²) in [4.78, 5) is 12.1. The maximum absolute atomic E-state index is 12.1. The average Bonchev–Trinajstić information content (AvgIpc) is 2.67. The molecule has 3 atom stereocenters. The number of esters is 1. The summed E-state index contributed by atoms with van der Waals surface area (Å²) >= 11 is 0. The number of carbonyl (C=O) groups excluding carboxylic acids is 1. The van der Waals surface area contributed by atoms with E-state index in [-0.39, 0.29) is 12.7 Å². The van der Waals surface area contributed by atoms with Gasteiger partial charge in [0.1, 0.15) is 0 Å². The molecule has 25 heavy (non-hydrogen) atoms. The van der Waals surface area contributed by atoms with Crippen molar-refractivity contribution < 1.29 is 19.0 Å². The Morgan fingerprint density at radius 2 is 1.40 bits per heavy atom. The van der Waals surface area contributed by atoms with Crippen molar-refractivity contribution >= 4 is 5.97 Å². The lowest BCUT2D eigenvalue weighted by atomic mass is 10.1. The van der Waals surface area contributed by atoms with Gasteiger partial charge in [-0.25, -0.2) is 4.79 Å². The second-order valence-electron chi connectivity index (χ2n) is 5.82. The highest BCUT2D eigenvalue weighted by Crippen LogP contribution is 2.13. The summed E-state index contributed by atoms with van der Waals surface area (Å²) in [6, 6.07) is 18.8. The molecule has 0 saturated heterocycles. The molecule has 2 aromatic carbocycles. The smallest absolute Gasteiger partial charge is 0.336 e. The van der Waals surface area contributed by atoms with E-state index >= 15 is 0 Å². The standard InChI is InChI=1S/C20H25NO4/c1-15(24-13-16-9-5-3-6-10-16)18(21)19(20(22)23-2)25-14-17-11-7-4-8-12-17/h3-12,15,18-19H,13-14,21H2,1-2H3/t15-,18+,19-/m0/s1. The molecule has 0 bridgehead atoms. The normalized spacial score (nSPS) is 14.5. The zero-order valence-corrected chi connectivity index (χ0v) is 14.6. The molecular formula is C20H25NO4. The second kappa shape index (κ2) is 9.93. The summed E-state index contributed by atoms with van der Waals surface area (Å²) in [5.41, 5.74) is 8.22. The molecule has 5 nitrogen and oxygen atoms in total. The van der Waals surface area contributed by atoms with Gasteiger partial charge in [0.05, 0.1) is 32.5 Å². The van der Waals surface area contributed by atoms with Crippen molar-refractivity contribution in [3.05, 3.63) is 71.8 Å². The molecule has 0 aliphatic carbocycles. The Morgan fingerprint density at radius 3 is 1.88 bits per heavy atom. The maximum atomic E-state index is 12.1. The number of hydrogen-bond acceptors (Lipinski definition) is 5. The summed E-state index contributed by atoms with van der Waals surface area (Å²) in [6.45, 7) is 2.53. The molecule has 2 N–H and O–H groups in total. The number of benzene rings is 2. The zero-order chi connectivity index (χ0) is 18.1. The Morgan fingerprint density at radius 1 is 0.920 bits per heavy atom. The maximum Gasteiger partial charge on any atom is 0.336 e. The van der Waals surface area contributed by atoms with Gasteiger partial charge in [-0.05, 0) is 18.1 Å². The van der Waals surface area contributed by atoms with Crippen molar-refractivity contribution in [3.8, 4) is 0 Å². The molecule has 5 heteroatoms. The third-order valence-electron chi connectivity index (χ3n) is 3.95. The van der Waals surface area contributed by atoms with Crippen LogP contribution in [0, 0.1) is 0 Å². The minimum atomic E-state index is -0.893. The molecule has 0 heterocycles. The molecule has 2 aromatic rings. The summed E-state index contributed by atoms with van der Waals surface area (Å²) in [5, 5.41) is 0. The Kier molecular flexibility index (Phi) is 7.60. The number of methoxy groups -OCH3 is 1. The lowest BCUT2D eigenvalue weighted by molar-refractivity contribution is -0.159. The third-order valence-corrected chi connectivity index (χ3v) is 3.95. The van der Waals surface area contributed by atoms with E-state index in [1.54, 1.807) is 0 Å². The van der Waals surface area contributed by atoms with Gasteiger partial charge >= 0.3 is 5.97 Å². The Bertz CT molecular complexity index is 633. The molecule has 0 unspecified atom stereocenters. The van der Waals surface area contributed by atoms with Crippen LogP contribution in [0.15, 0.2) is 60.7 Å². The topological polar surface area (TPSA) is 70.8 Å². The predicted molar refractivity (Wildman–Crippen MR) is 95.7 cm³/mol. The summed E-state index contributed by atoms with van der Waals surface area (Å²) in [5.74, 6) is -0.501. The van der Waals surface area contributed by atoms with Crippen LogP contribution < -0.4 is 5.73 Å². The van der Waals surface area contributed by atoms with Crippen molar-refractivity contribution in [1.82, 2.24) is 0 Å². The monoisotopic (exact) mass is 343 g/mol. The number of rotatable bonds is 9. The number of nitrogens with two attached hydrogens (primary N) is 1. The van der Waals surface area contributed by atoms with Crippen LogP contribution in [0.2, 0.25) is 0 Å². The first-order valence-electron chi connectivity index (χ1n) is 8.26. The molecule has 0 amide bonds. The van der Waals surface area contributed by atoms with Gasteiger partial charge in [0.15, 0.2) is 6.10 Å². The fraction of sp³-hybridized carbons (Fsp3) is 0.350. The van der Waals surface area contributed by atoms with Gasteiger partial charge in [0.25, 0.3) is 0 Å².